The number of benzene rings is 4. The van der Waals surface area contributed by atoms with Crippen molar-refractivity contribution in [3.63, 3.8) is 0 Å². The van der Waals surface area contributed by atoms with Crippen LogP contribution in [0.3, 0.4) is 0 Å². The quantitative estimate of drug-likeness (QED) is 0.0895. The van der Waals surface area contributed by atoms with Gasteiger partial charge in [0.15, 0.2) is 19.8 Å². The fourth-order valence-corrected chi connectivity index (χ4v) is 10.9. The number of sulfonamides is 1. The number of ether oxygens (including phenoxy) is 3. The van der Waals surface area contributed by atoms with E-state index in [2.05, 4.69) is 27.7 Å². The van der Waals surface area contributed by atoms with Gasteiger partial charge in [-0.1, -0.05) is 100 Å². The van der Waals surface area contributed by atoms with Crippen LogP contribution in [0.4, 0.5) is 5.69 Å². The standard InChI is InChI=1S/C38H48N2O6SSi/c1-5-33(46-48(6-2,7-3)8-4)36-32(39)21-20-30(37(36)43-25-28-17-13-10-14-18-28)38(47(40,41)42)31(23-27-15-11-9-12-16-27)29-19-22-34-35(24-29)45-26-44-34/h9-22,24,31,33,38H,5-8,23,25-26,39H2,1-4H3,(H2,40,41,42). The van der Waals surface area contributed by atoms with Crippen LogP contribution in [-0.2, 0) is 27.5 Å². The van der Waals surface area contributed by atoms with E-state index in [9.17, 15) is 8.42 Å². The second-order valence-corrected chi connectivity index (χ2v) is 18.8. The molecule has 0 spiro atoms. The van der Waals surface area contributed by atoms with Gasteiger partial charge in [-0.15, -0.1) is 0 Å². The van der Waals surface area contributed by atoms with E-state index in [4.69, 9.17) is 29.5 Å². The molecule has 256 valence electrons. The Morgan fingerprint density at radius 1 is 0.812 bits per heavy atom. The third-order valence-electron chi connectivity index (χ3n) is 9.65. The van der Waals surface area contributed by atoms with E-state index in [1.165, 1.54) is 0 Å². The lowest BCUT2D eigenvalue weighted by molar-refractivity contribution is 0.174. The lowest BCUT2D eigenvalue weighted by Crippen LogP contribution is -2.37. The molecule has 0 bridgehead atoms. The van der Waals surface area contributed by atoms with Crippen LogP contribution in [0.1, 0.15) is 79.2 Å². The number of fused-ring (bicyclic) bond motifs is 1. The maximum atomic E-state index is 14.0. The number of primary sulfonamides is 1. The molecule has 4 aromatic carbocycles. The number of nitrogen functional groups attached to an aromatic ring is 1. The second kappa shape index (κ2) is 15.6. The van der Waals surface area contributed by atoms with Crippen LogP contribution in [0.5, 0.6) is 17.2 Å². The minimum Gasteiger partial charge on any atom is -0.488 e. The summed E-state index contributed by atoms with van der Waals surface area (Å²) in [6.45, 7) is 8.96. The van der Waals surface area contributed by atoms with Crippen molar-refractivity contribution in [1.29, 1.82) is 0 Å². The molecule has 3 atom stereocenters. The van der Waals surface area contributed by atoms with E-state index in [0.29, 0.717) is 46.9 Å². The third-order valence-corrected chi connectivity index (χ3v) is 15.6. The fourth-order valence-electron chi connectivity index (χ4n) is 6.76. The van der Waals surface area contributed by atoms with Gasteiger partial charge in [0.2, 0.25) is 16.8 Å². The third kappa shape index (κ3) is 7.89. The molecule has 0 amide bonds. The molecule has 0 aliphatic carbocycles. The first-order valence-corrected chi connectivity index (χ1v) is 21.0. The highest BCUT2D eigenvalue weighted by Crippen LogP contribution is 2.49. The summed E-state index contributed by atoms with van der Waals surface area (Å²) in [4.78, 5) is 0. The number of hydrogen-bond donors (Lipinski definition) is 2. The molecule has 0 saturated heterocycles. The van der Waals surface area contributed by atoms with E-state index in [1.807, 2.05) is 78.9 Å². The van der Waals surface area contributed by atoms with E-state index >= 15 is 0 Å². The Labute approximate surface area is 286 Å². The first-order chi connectivity index (χ1) is 23.1. The minimum absolute atomic E-state index is 0.107. The Hall–Kier alpha value is -3.83. The molecule has 3 unspecified atom stereocenters. The van der Waals surface area contributed by atoms with E-state index < -0.39 is 29.5 Å². The van der Waals surface area contributed by atoms with Gasteiger partial charge < -0.3 is 24.4 Å². The predicted molar refractivity (Wildman–Crippen MR) is 194 cm³/mol. The molecule has 0 aromatic heterocycles. The van der Waals surface area contributed by atoms with Crippen LogP contribution in [0.15, 0.2) is 91.0 Å². The summed E-state index contributed by atoms with van der Waals surface area (Å²) in [6, 6.07) is 31.6. The fraction of sp³-hybridized carbons (Fsp3) is 0.368. The second-order valence-electron chi connectivity index (χ2n) is 12.4. The van der Waals surface area contributed by atoms with Crippen molar-refractivity contribution in [3.8, 4) is 17.2 Å². The molecule has 1 heterocycles. The Kier molecular flexibility index (Phi) is 11.5. The molecule has 0 saturated carbocycles. The minimum atomic E-state index is -4.24. The monoisotopic (exact) mass is 688 g/mol. The van der Waals surface area contributed by atoms with E-state index in [1.54, 1.807) is 12.1 Å². The van der Waals surface area contributed by atoms with Crippen LogP contribution in [0.2, 0.25) is 18.1 Å². The lowest BCUT2D eigenvalue weighted by Gasteiger charge is -2.35. The van der Waals surface area contributed by atoms with Crippen molar-refractivity contribution in [2.45, 2.75) is 82.5 Å². The molecule has 1 aliphatic heterocycles. The summed E-state index contributed by atoms with van der Waals surface area (Å²) < 4.78 is 53.1. The summed E-state index contributed by atoms with van der Waals surface area (Å²) in [5, 5.41) is 5.07. The van der Waals surface area contributed by atoms with Gasteiger partial charge in [0, 0.05) is 22.7 Å². The van der Waals surface area contributed by atoms with Crippen molar-refractivity contribution in [3.05, 3.63) is 119 Å². The van der Waals surface area contributed by atoms with Crippen LogP contribution in [0, 0.1) is 0 Å². The molecule has 0 radical (unpaired) electrons. The summed E-state index contributed by atoms with van der Waals surface area (Å²) in [5.74, 6) is 0.986. The van der Waals surface area contributed by atoms with Gasteiger partial charge in [-0.2, -0.15) is 0 Å². The summed E-state index contributed by atoms with van der Waals surface area (Å²) in [5.41, 5.74) is 11.1. The zero-order valence-corrected chi connectivity index (χ0v) is 30.2. The number of rotatable bonds is 16. The van der Waals surface area contributed by atoms with Gasteiger partial charge in [-0.25, -0.2) is 13.6 Å². The van der Waals surface area contributed by atoms with Crippen LogP contribution in [-0.4, -0.2) is 23.5 Å². The number of nitrogens with two attached hydrogens (primary N) is 2. The molecule has 4 aromatic rings. The maximum Gasteiger partial charge on any atom is 0.231 e. The van der Waals surface area contributed by atoms with Crippen molar-refractivity contribution in [1.82, 2.24) is 0 Å². The predicted octanol–water partition coefficient (Wildman–Crippen LogP) is 8.41. The smallest absolute Gasteiger partial charge is 0.231 e. The molecule has 0 fully saturated rings. The summed E-state index contributed by atoms with van der Waals surface area (Å²) in [6.07, 6.45) is 0.645. The molecule has 5 rings (SSSR count). The van der Waals surface area contributed by atoms with Crippen molar-refractivity contribution in [2.24, 2.45) is 5.14 Å². The Morgan fingerprint density at radius 3 is 2.04 bits per heavy atom. The van der Waals surface area contributed by atoms with Gasteiger partial charge in [0.05, 0.1) is 6.10 Å². The Bertz CT molecular complexity index is 1760. The van der Waals surface area contributed by atoms with Crippen molar-refractivity contribution < 1.29 is 27.1 Å². The number of hydrogen-bond acceptors (Lipinski definition) is 7. The first kappa shape index (κ1) is 35.5. The average molecular weight is 689 g/mol. The average Bonchev–Trinajstić information content (AvgIpc) is 3.58. The molecule has 4 N–H and O–H groups in total. The highest BCUT2D eigenvalue weighted by Gasteiger charge is 2.40. The van der Waals surface area contributed by atoms with Crippen LogP contribution in [0.25, 0.3) is 0 Å². The Morgan fingerprint density at radius 2 is 1.44 bits per heavy atom. The highest BCUT2D eigenvalue weighted by atomic mass is 32.2. The Balaban J connectivity index is 1.73. The normalized spacial score (nSPS) is 14.8. The SMILES string of the molecule is CCC(O[Si](CC)(CC)CC)c1c(N)ccc(C(C(Cc2ccccc2)c2ccc3c(c2)OCO3)S(N)(=O)=O)c1OCc1ccccc1. The molecular formula is C38H48N2O6SSi. The lowest BCUT2D eigenvalue weighted by atomic mass is 9.84. The van der Waals surface area contributed by atoms with Crippen LogP contribution < -0.4 is 25.1 Å². The zero-order valence-electron chi connectivity index (χ0n) is 28.4. The van der Waals surface area contributed by atoms with Gasteiger partial charge in [0.1, 0.15) is 17.6 Å². The maximum absolute atomic E-state index is 14.0. The van der Waals surface area contributed by atoms with Crippen molar-refractivity contribution >= 4 is 24.0 Å². The van der Waals surface area contributed by atoms with E-state index in [0.717, 1.165) is 34.8 Å². The summed E-state index contributed by atoms with van der Waals surface area (Å²) in [7, 11) is -6.35. The first-order valence-electron chi connectivity index (χ1n) is 16.8. The zero-order chi connectivity index (χ0) is 34.3. The van der Waals surface area contributed by atoms with Gasteiger partial charge in [-0.05, 0) is 65.9 Å². The molecule has 10 heteroatoms. The van der Waals surface area contributed by atoms with Crippen LogP contribution >= 0.6 is 0 Å². The number of anilines is 1. The topological polar surface area (TPSA) is 123 Å². The molecule has 48 heavy (non-hydrogen) atoms. The summed E-state index contributed by atoms with van der Waals surface area (Å²) >= 11 is 0. The van der Waals surface area contributed by atoms with Gasteiger partial charge in [-0.3, -0.25) is 0 Å². The highest BCUT2D eigenvalue weighted by molar-refractivity contribution is 7.89. The molecular weight excluding hydrogens is 641 g/mol. The molecule has 8 nitrogen and oxygen atoms in total. The van der Waals surface area contributed by atoms with Gasteiger partial charge >= 0.3 is 0 Å². The largest absolute Gasteiger partial charge is 0.488 e. The molecule has 1 aliphatic rings. The van der Waals surface area contributed by atoms with Crippen molar-refractivity contribution in [2.75, 3.05) is 12.5 Å². The van der Waals surface area contributed by atoms with E-state index in [-0.39, 0.29) is 19.5 Å². The van der Waals surface area contributed by atoms with Gasteiger partial charge in [0.25, 0.3) is 0 Å².